The zero-order valence-electron chi connectivity index (χ0n) is 14.1. The van der Waals surface area contributed by atoms with Crippen LogP contribution in [0.1, 0.15) is 35.2 Å². The molecule has 2 aromatic rings. The van der Waals surface area contributed by atoms with E-state index in [0.29, 0.717) is 5.56 Å². The van der Waals surface area contributed by atoms with Crippen LogP contribution in [0.3, 0.4) is 0 Å². The first-order valence-electron chi connectivity index (χ1n) is 8.64. The second kappa shape index (κ2) is 7.36. The number of halogens is 1. The molecule has 0 unspecified atom stereocenters. The van der Waals surface area contributed by atoms with E-state index in [1.807, 2.05) is 47.4 Å². The van der Waals surface area contributed by atoms with Gasteiger partial charge in [0.15, 0.2) is 0 Å². The Labute approximate surface area is 154 Å². The number of benzene rings is 2. The lowest BCUT2D eigenvalue weighted by Gasteiger charge is -2.30. The maximum absolute atomic E-state index is 12.9. The fraction of sp³-hybridized carbons (Fsp3) is 0.350. The number of hydrogen-bond acceptors (Lipinski definition) is 3. The highest BCUT2D eigenvalue weighted by Gasteiger charge is 2.25. The van der Waals surface area contributed by atoms with Gasteiger partial charge < -0.3 is 15.4 Å². The Kier molecular flexibility index (Phi) is 5.19. The van der Waals surface area contributed by atoms with Crippen molar-refractivity contribution < 1.29 is 9.53 Å². The van der Waals surface area contributed by atoms with Crippen LogP contribution in [0.5, 0.6) is 5.75 Å². The van der Waals surface area contributed by atoms with Crippen LogP contribution in [0.2, 0.25) is 0 Å². The van der Waals surface area contributed by atoms with Gasteiger partial charge in [0.2, 0.25) is 0 Å². The fourth-order valence-corrected chi connectivity index (χ4v) is 3.21. The third-order valence-electron chi connectivity index (χ3n) is 4.82. The molecule has 0 saturated heterocycles. The molecule has 25 heavy (non-hydrogen) atoms. The lowest BCUT2D eigenvalue weighted by Crippen LogP contribution is -2.35. The molecule has 1 saturated carbocycles. The highest BCUT2D eigenvalue weighted by Crippen LogP contribution is 2.33. The predicted octanol–water partition coefficient (Wildman–Crippen LogP) is 4.07. The zero-order chi connectivity index (χ0) is 16.5. The average molecular weight is 359 g/mol. The number of anilines is 2. The van der Waals surface area contributed by atoms with E-state index in [1.54, 1.807) is 0 Å². The molecular formula is C20H23ClN2O2. The number of nitrogens with zero attached hydrogens (tertiary/aromatic N) is 1. The molecule has 2 N–H and O–H groups in total. The van der Waals surface area contributed by atoms with E-state index in [-0.39, 0.29) is 18.3 Å². The van der Waals surface area contributed by atoms with E-state index in [1.165, 1.54) is 12.8 Å². The van der Waals surface area contributed by atoms with Gasteiger partial charge in [-0.3, -0.25) is 4.79 Å². The molecule has 0 bridgehead atoms. The van der Waals surface area contributed by atoms with Crippen molar-refractivity contribution in [3.05, 3.63) is 53.6 Å². The molecule has 2 aliphatic rings. The third-order valence-corrected chi connectivity index (χ3v) is 4.82. The van der Waals surface area contributed by atoms with Crippen LogP contribution >= 0.6 is 12.4 Å². The van der Waals surface area contributed by atoms with Crippen molar-refractivity contribution in [1.82, 2.24) is 0 Å². The second-order valence-electron chi connectivity index (χ2n) is 6.68. The zero-order valence-corrected chi connectivity index (χ0v) is 14.9. The molecule has 132 valence electrons. The molecule has 0 aromatic heterocycles. The number of hydrogen-bond donors (Lipinski definition) is 1. The minimum atomic E-state index is 0. The highest BCUT2D eigenvalue weighted by atomic mass is 35.5. The van der Waals surface area contributed by atoms with Crippen molar-refractivity contribution in [1.29, 1.82) is 0 Å². The van der Waals surface area contributed by atoms with Crippen molar-refractivity contribution in [2.24, 2.45) is 5.92 Å². The van der Waals surface area contributed by atoms with E-state index in [4.69, 9.17) is 10.5 Å². The van der Waals surface area contributed by atoms with Crippen LogP contribution in [0.15, 0.2) is 42.5 Å². The predicted molar refractivity (Wildman–Crippen MR) is 103 cm³/mol. The number of carbonyl (C=O) groups is 1. The van der Waals surface area contributed by atoms with Gasteiger partial charge in [-0.15, -0.1) is 12.4 Å². The van der Waals surface area contributed by atoms with Crippen LogP contribution < -0.4 is 15.4 Å². The second-order valence-corrected chi connectivity index (χ2v) is 6.68. The van der Waals surface area contributed by atoms with Gasteiger partial charge in [-0.25, -0.2) is 0 Å². The Morgan fingerprint density at radius 2 is 1.92 bits per heavy atom. The summed E-state index contributed by atoms with van der Waals surface area (Å²) in [7, 11) is 0. The van der Waals surface area contributed by atoms with Crippen LogP contribution in [-0.2, 0) is 6.42 Å². The minimum Gasteiger partial charge on any atom is -0.493 e. The molecular weight excluding hydrogens is 336 g/mol. The van der Waals surface area contributed by atoms with E-state index in [2.05, 4.69) is 0 Å². The highest BCUT2D eigenvalue weighted by molar-refractivity contribution is 6.07. The van der Waals surface area contributed by atoms with Crippen molar-refractivity contribution in [2.45, 2.75) is 25.7 Å². The number of ether oxygens (including phenoxy) is 1. The Hall–Kier alpha value is -2.20. The van der Waals surface area contributed by atoms with Gasteiger partial charge in [0.25, 0.3) is 5.91 Å². The maximum atomic E-state index is 12.9. The molecule has 1 heterocycles. The number of carbonyl (C=O) groups excluding carboxylic acids is 1. The number of amides is 1. The summed E-state index contributed by atoms with van der Waals surface area (Å²) in [6.07, 6.45) is 4.41. The average Bonchev–Trinajstić information content (AvgIpc) is 3.44. The van der Waals surface area contributed by atoms with Crippen molar-refractivity contribution >= 4 is 29.7 Å². The molecule has 1 amide bonds. The summed E-state index contributed by atoms with van der Waals surface area (Å²) < 4.78 is 5.74. The summed E-state index contributed by atoms with van der Waals surface area (Å²) in [5, 5.41) is 0. The first-order chi connectivity index (χ1) is 11.7. The number of nitrogens with two attached hydrogens (primary N) is 1. The fourth-order valence-electron chi connectivity index (χ4n) is 3.21. The van der Waals surface area contributed by atoms with E-state index >= 15 is 0 Å². The molecule has 4 nitrogen and oxygen atoms in total. The lowest BCUT2D eigenvalue weighted by atomic mass is 9.99. The Morgan fingerprint density at radius 1 is 1.16 bits per heavy atom. The SMILES string of the molecule is Cl.Nc1cccc2c1CCCN2C(=O)c1ccc(OCC2CC2)cc1. The first-order valence-corrected chi connectivity index (χ1v) is 8.64. The summed E-state index contributed by atoms with van der Waals surface area (Å²) in [4.78, 5) is 14.7. The van der Waals surface area contributed by atoms with Gasteiger partial charge >= 0.3 is 0 Å². The summed E-state index contributed by atoms with van der Waals surface area (Å²) in [5.41, 5.74) is 9.56. The van der Waals surface area contributed by atoms with Crippen LogP contribution in [0, 0.1) is 5.92 Å². The smallest absolute Gasteiger partial charge is 0.258 e. The molecule has 4 rings (SSSR count). The van der Waals surface area contributed by atoms with E-state index in [9.17, 15) is 4.79 Å². The molecule has 0 spiro atoms. The maximum Gasteiger partial charge on any atom is 0.258 e. The van der Waals surface area contributed by atoms with Crippen molar-refractivity contribution in [2.75, 3.05) is 23.8 Å². The number of rotatable bonds is 4. The molecule has 1 fully saturated rings. The molecule has 1 aliphatic heterocycles. The normalized spacial score (nSPS) is 15.9. The minimum absolute atomic E-state index is 0. The Morgan fingerprint density at radius 3 is 2.64 bits per heavy atom. The molecule has 5 heteroatoms. The van der Waals surface area contributed by atoms with Crippen LogP contribution in [-0.4, -0.2) is 19.1 Å². The topological polar surface area (TPSA) is 55.6 Å². The van der Waals surface area contributed by atoms with Gasteiger partial charge in [0.1, 0.15) is 5.75 Å². The van der Waals surface area contributed by atoms with Gasteiger partial charge in [0.05, 0.1) is 6.61 Å². The number of nitrogen functional groups attached to an aromatic ring is 1. The Balaban J connectivity index is 0.00000182. The summed E-state index contributed by atoms with van der Waals surface area (Å²) >= 11 is 0. The van der Waals surface area contributed by atoms with Crippen LogP contribution in [0.4, 0.5) is 11.4 Å². The molecule has 0 atom stereocenters. The summed E-state index contributed by atoms with van der Waals surface area (Å²) in [5.74, 6) is 1.58. The Bertz CT molecular complexity index is 757. The van der Waals surface area contributed by atoms with E-state index < -0.39 is 0 Å². The van der Waals surface area contributed by atoms with Gasteiger partial charge in [-0.2, -0.15) is 0 Å². The van der Waals surface area contributed by atoms with Gasteiger partial charge in [0, 0.05) is 23.5 Å². The van der Waals surface area contributed by atoms with E-state index in [0.717, 1.165) is 54.6 Å². The molecule has 2 aromatic carbocycles. The molecule has 1 aliphatic carbocycles. The quantitative estimate of drug-likeness (QED) is 0.838. The standard InChI is InChI=1S/C20H22N2O2.ClH/c21-18-4-1-5-19-17(18)3-2-12-22(19)20(23)15-8-10-16(11-9-15)24-13-14-6-7-14;/h1,4-5,8-11,14H,2-3,6-7,12-13,21H2;1H. The van der Waals surface area contributed by atoms with Gasteiger partial charge in [-0.1, -0.05) is 6.07 Å². The first kappa shape index (κ1) is 17.6. The summed E-state index contributed by atoms with van der Waals surface area (Å²) in [6, 6.07) is 13.3. The number of fused-ring (bicyclic) bond motifs is 1. The van der Waals surface area contributed by atoms with Crippen LogP contribution in [0.25, 0.3) is 0 Å². The third kappa shape index (κ3) is 3.74. The largest absolute Gasteiger partial charge is 0.493 e. The van der Waals surface area contributed by atoms with Crippen molar-refractivity contribution in [3.8, 4) is 5.75 Å². The monoisotopic (exact) mass is 358 g/mol. The van der Waals surface area contributed by atoms with Gasteiger partial charge in [-0.05, 0) is 73.6 Å². The van der Waals surface area contributed by atoms with Crippen molar-refractivity contribution in [3.63, 3.8) is 0 Å². The lowest BCUT2D eigenvalue weighted by molar-refractivity contribution is 0.0985. The molecule has 0 radical (unpaired) electrons. The summed E-state index contributed by atoms with van der Waals surface area (Å²) in [6.45, 7) is 1.52.